The molecule has 0 amide bonds. The highest BCUT2D eigenvalue weighted by molar-refractivity contribution is 14.1. The first kappa shape index (κ1) is 14.5. The van der Waals surface area contributed by atoms with Crippen molar-refractivity contribution in [2.75, 3.05) is 0 Å². The number of aromatic nitrogens is 2. The van der Waals surface area contributed by atoms with Gasteiger partial charge in [0.1, 0.15) is 5.82 Å². The van der Waals surface area contributed by atoms with Crippen molar-refractivity contribution in [1.82, 2.24) is 9.78 Å². The lowest BCUT2D eigenvalue weighted by Crippen LogP contribution is -2.00. The molecular formula is C16H11ClFIN2. The van der Waals surface area contributed by atoms with E-state index in [2.05, 4.69) is 27.7 Å². The summed E-state index contributed by atoms with van der Waals surface area (Å²) in [5.41, 5.74) is 3.71. The van der Waals surface area contributed by atoms with Crippen molar-refractivity contribution in [2.24, 2.45) is 0 Å². The van der Waals surface area contributed by atoms with Crippen LogP contribution in [0.1, 0.15) is 5.69 Å². The third-order valence-corrected chi connectivity index (χ3v) is 4.76. The summed E-state index contributed by atoms with van der Waals surface area (Å²) >= 11 is 8.17. The van der Waals surface area contributed by atoms with Gasteiger partial charge in [-0.25, -0.2) is 9.07 Å². The minimum atomic E-state index is -0.430. The Morgan fingerprint density at radius 2 is 1.86 bits per heavy atom. The minimum absolute atomic E-state index is 0.0923. The molecule has 2 nitrogen and oxygen atoms in total. The lowest BCUT2D eigenvalue weighted by molar-refractivity contribution is 0.627. The largest absolute Gasteiger partial charge is 0.232 e. The summed E-state index contributed by atoms with van der Waals surface area (Å²) in [6.45, 7) is 1.95. The summed E-state index contributed by atoms with van der Waals surface area (Å²) in [7, 11) is 0. The number of nitrogens with zero attached hydrogens (tertiary/aromatic N) is 2. The normalized spacial score (nSPS) is 10.9. The van der Waals surface area contributed by atoms with Crippen molar-refractivity contribution >= 4 is 34.2 Å². The number of rotatable bonds is 2. The number of hydrogen-bond donors (Lipinski definition) is 0. The molecule has 1 aromatic heterocycles. The Morgan fingerprint density at radius 3 is 2.52 bits per heavy atom. The van der Waals surface area contributed by atoms with E-state index in [0.717, 1.165) is 26.2 Å². The molecule has 1 heterocycles. The number of benzene rings is 2. The van der Waals surface area contributed by atoms with Crippen LogP contribution in [0.3, 0.4) is 0 Å². The third kappa shape index (κ3) is 2.70. The van der Waals surface area contributed by atoms with Gasteiger partial charge in [-0.1, -0.05) is 41.9 Å². The van der Waals surface area contributed by atoms with Gasteiger partial charge < -0.3 is 0 Å². The molecule has 21 heavy (non-hydrogen) atoms. The van der Waals surface area contributed by atoms with Gasteiger partial charge in [0.25, 0.3) is 0 Å². The molecule has 0 aliphatic heterocycles. The number of hydrogen-bond acceptors (Lipinski definition) is 1. The molecule has 106 valence electrons. The fourth-order valence-corrected chi connectivity index (χ4v) is 2.98. The van der Waals surface area contributed by atoms with Gasteiger partial charge >= 0.3 is 0 Å². The highest BCUT2D eigenvalue weighted by Gasteiger charge is 2.16. The van der Waals surface area contributed by atoms with Gasteiger partial charge in [-0.3, -0.25) is 0 Å². The van der Waals surface area contributed by atoms with Crippen LogP contribution in [0, 0.1) is 16.3 Å². The molecule has 0 saturated carbocycles. The Hall–Kier alpha value is -1.40. The summed E-state index contributed by atoms with van der Waals surface area (Å²) < 4.78 is 16.2. The van der Waals surface area contributed by atoms with Crippen LogP contribution in [0.15, 0.2) is 48.5 Å². The first-order valence-corrected chi connectivity index (χ1v) is 7.79. The zero-order valence-electron chi connectivity index (χ0n) is 11.1. The van der Waals surface area contributed by atoms with Crippen molar-refractivity contribution in [3.8, 4) is 16.9 Å². The molecule has 2 aromatic carbocycles. The maximum atomic E-state index is 13.4. The SMILES string of the molecule is Cc1nn(-c2ccc(F)c(Cl)c2)c(-c2ccccc2)c1I. The smallest absolute Gasteiger partial charge is 0.141 e. The van der Waals surface area contributed by atoms with E-state index in [1.54, 1.807) is 16.8 Å². The van der Waals surface area contributed by atoms with E-state index < -0.39 is 5.82 Å². The van der Waals surface area contributed by atoms with Crippen LogP contribution in [0.25, 0.3) is 16.9 Å². The number of aryl methyl sites for hydroxylation is 1. The molecule has 3 rings (SSSR count). The summed E-state index contributed by atoms with van der Waals surface area (Å²) in [6.07, 6.45) is 0. The Labute approximate surface area is 140 Å². The summed E-state index contributed by atoms with van der Waals surface area (Å²) in [4.78, 5) is 0. The van der Waals surface area contributed by atoms with Gasteiger partial charge in [-0.2, -0.15) is 5.10 Å². The maximum Gasteiger partial charge on any atom is 0.141 e. The molecule has 0 aliphatic carbocycles. The molecule has 0 saturated heterocycles. The zero-order chi connectivity index (χ0) is 15.0. The quantitative estimate of drug-likeness (QED) is 0.526. The average molecular weight is 413 g/mol. The molecule has 0 atom stereocenters. The molecule has 3 aromatic rings. The zero-order valence-corrected chi connectivity index (χ0v) is 14.1. The topological polar surface area (TPSA) is 17.8 Å². The van der Waals surface area contributed by atoms with E-state index in [-0.39, 0.29) is 5.02 Å². The van der Waals surface area contributed by atoms with Gasteiger partial charge in [0.05, 0.1) is 25.7 Å². The molecule has 0 bridgehead atoms. The lowest BCUT2D eigenvalue weighted by atomic mass is 10.1. The third-order valence-electron chi connectivity index (χ3n) is 3.18. The van der Waals surface area contributed by atoms with Crippen molar-refractivity contribution in [2.45, 2.75) is 6.92 Å². The summed E-state index contributed by atoms with van der Waals surface area (Å²) in [5, 5.41) is 4.65. The van der Waals surface area contributed by atoms with E-state index in [0.29, 0.717) is 0 Å². The number of halogens is 3. The van der Waals surface area contributed by atoms with Crippen molar-refractivity contribution in [3.63, 3.8) is 0 Å². The molecule has 0 spiro atoms. The minimum Gasteiger partial charge on any atom is -0.232 e. The fraction of sp³-hybridized carbons (Fsp3) is 0.0625. The molecule has 0 fully saturated rings. The Morgan fingerprint density at radius 1 is 1.14 bits per heavy atom. The summed E-state index contributed by atoms with van der Waals surface area (Å²) in [6, 6.07) is 14.6. The molecule has 0 unspecified atom stereocenters. The van der Waals surface area contributed by atoms with E-state index in [1.807, 2.05) is 37.3 Å². The van der Waals surface area contributed by atoms with Crippen LogP contribution < -0.4 is 0 Å². The second-order valence-electron chi connectivity index (χ2n) is 4.62. The predicted octanol–water partition coefficient (Wildman–Crippen LogP) is 5.24. The van der Waals surface area contributed by atoms with Crippen molar-refractivity contribution in [1.29, 1.82) is 0 Å². The Kier molecular flexibility index (Phi) is 3.99. The Bertz CT molecular complexity index is 800. The highest BCUT2D eigenvalue weighted by Crippen LogP contribution is 2.31. The van der Waals surface area contributed by atoms with Crippen LogP contribution in [0.5, 0.6) is 0 Å². The summed E-state index contributed by atoms with van der Waals surface area (Å²) in [5.74, 6) is -0.430. The second kappa shape index (κ2) is 5.77. The van der Waals surface area contributed by atoms with Crippen LogP contribution in [0.2, 0.25) is 5.02 Å². The first-order chi connectivity index (χ1) is 10.1. The molecule has 0 radical (unpaired) electrons. The first-order valence-electron chi connectivity index (χ1n) is 6.34. The standard InChI is InChI=1S/C16H11ClFIN2/c1-10-15(19)16(11-5-3-2-4-6-11)21(20-10)12-7-8-14(18)13(17)9-12/h2-9H,1H3. The van der Waals surface area contributed by atoms with Gasteiger partial charge in [0.2, 0.25) is 0 Å². The van der Waals surface area contributed by atoms with Crippen molar-refractivity contribution < 1.29 is 4.39 Å². The maximum absolute atomic E-state index is 13.4. The van der Waals surface area contributed by atoms with E-state index in [9.17, 15) is 4.39 Å². The highest BCUT2D eigenvalue weighted by atomic mass is 127. The molecule has 0 N–H and O–H groups in total. The second-order valence-corrected chi connectivity index (χ2v) is 6.11. The van der Waals surface area contributed by atoms with E-state index in [4.69, 9.17) is 11.6 Å². The molecule has 5 heteroatoms. The predicted molar refractivity (Wildman–Crippen MR) is 91.4 cm³/mol. The van der Waals surface area contributed by atoms with Crippen LogP contribution >= 0.6 is 34.2 Å². The van der Waals surface area contributed by atoms with Crippen LogP contribution in [-0.2, 0) is 0 Å². The molecular weight excluding hydrogens is 402 g/mol. The Balaban J connectivity index is 2.24. The van der Waals surface area contributed by atoms with Crippen LogP contribution in [0.4, 0.5) is 4.39 Å². The average Bonchev–Trinajstić information content (AvgIpc) is 2.79. The van der Waals surface area contributed by atoms with E-state index >= 15 is 0 Å². The van der Waals surface area contributed by atoms with Gasteiger partial charge in [0, 0.05) is 5.56 Å². The van der Waals surface area contributed by atoms with Gasteiger partial charge in [-0.05, 0) is 47.7 Å². The van der Waals surface area contributed by atoms with Gasteiger partial charge in [-0.15, -0.1) is 0 Å². The fourth-order valence-electron chi connectivity index (χ4n) is 2.16. The van der Waals surface area contributed by atoms with Gasteiger partial charge in [0.15, 0.2) is 0 Å². The van der Waals surface area contributed by atoms with E-state index in [1.165, 1.54) is 6.07 Å². The lowest BCUT2D eigenvalue weighted by Gasteiger charge is -2.09. The monoisotopic (exact) mass is 412 g/mol. The van der Waals surface area contributed by atoms with Crippen molar-refractivity contribution in [3.05, 3.63) is 68.6 Å². The molecule has 0 aliphatic rings. The van der Waals surface area contributed by atoms with Crippen LogP contribution in [-0.4, -0.2) is 9.78 Å².